The van der Waals surface area contributed by atoms with Gasteiger partial charge in [-0.25, -0.2) is 4.79 Å². The molecule has 0 aliphatic carbocycles. The summed E-state index contributed by atoms with van der Waals surface area (Å²) in [6, 6.07) is 8.86. The van der Waals surface area contributed by atoms with Crippen LogP contribution in [0, 0.1) is 0 Å². The van der Waals surface area contributed by atoms with Gasteiger partial charge in [0.2, 0.25) is 0 Å². The summed E-state index contributed by atoms with van der Waals surface area (Å²) in [7, 11) is 0. The first-order chi connectivity index (χ1) is 8.27. The Bertz CT molecular complexity index is 447. The Morgan fingerprint density at radius 3 is 3.12 bits per heavy atom. The van der Waals surface area contributed by atoms with E-state index in [9.17, 15) is 4.79 Å². The number of para-hydroxylation sites is 1. The lowest BCUT2D eigenvalue weighted by Crippen LogP contribution is -2.30. The molecule has 0 saturated carbocycles. The van der Waals surface area contributed by atoms with Crippen LogP contribution in [0.15, 0.2) is 24.3 Å². The summed E-state index contributed by atoms with van der Waals surface area (Å²) in [4.78, 5) is 13.2. The van der Waals surface area contributed by atoms with Crippen LogP contribution in [0.2, 0.25) is 0 Å². The van der Waals surface area contributed by atoms with Gasteiger partial charge >= 0.3 is 6.09 Å². The van der Waals surface area contributed by atoms with E-state index in [2.05, 4.69) is 23.1 Å². The van der Waals surface area contributed by atoms with Crippen molar-refractivity contribution in [3.05, 3.63) is 29.8 Å². The van der Waals surface area contributed by atoms with E-state index < -0.39 is 6.09 Å². The fraction of sp³-hybridized carbons (Fsp3) is 0.462. The highest BCUT2D eigenvalue weighted by atomic mass is 16.5. The second kappa shape index (κ2) is 3.95. The smallest absolute Gasteiger partial charge is 0.404 e. The first-order valence-corrected chi connectivity index (χ1v) is 6.05. The number of rotatable bonds is 2. The van der Waals surface area contributed by atoms with Crippen LogP contribution in [0.4, 0.5) is 10.5 Å². The Labute approximate surface area is 100 Å². The maximum absolute atomic E-state index is 10.7. The zero-order chi connectivity index (χ0) is 11.8. The molecule has 90 valence electrons. The van der Waals surface area contributed by atoms with E-state index in [0.717, 1.165) is 6.54 Å². The highest BCUT2D eigenvalue weighted by Crippen LogP contribution is 2.45. The van der Waals surface area contributed by atoms with Gasteiger partial charge < -0.3 is 15.4 Å². The van der Waals surface area contributed by atoms with Crippen molar-refractivity contribution in [2.75, 3.05) is 18.1 Å². The SMILES string of the molecule is NC(=O)OC[C@@H]1c2ccccc2N2CCC[C@H]12. The third kappa shape index (κ3) is 1.64. The Morgan fingerprint density at radius 2 is 2.29 bits per heavy atom. The minimum atomic E-state index is -0.682. The number of anilines is 1. The summed E-state index contributed by atoms with van der Waals surface area (Å²) < 4.78 is 5.00. The van der Waals surface area contributed by atoms with Crippen LogP contribution in [0.1, 0.15) is 24.3 Å². The van der Waals surface area contributed by atoms with Crippen LogP contribution in [-0.4, -0.2) is 25.3 Å². The maximum Gasteiger partial charge on any atom is 0.404 e. The van der Waals surface area contributed by atoms with Crippen LogP contribution >= 0.6 is 0 Å². The maximum atomic E-state index is 10.7. The van der Waals surface area contributed by atoms with Crippen LogP contribution in [-0.2, 0) is 4.74 Å². The number of carbonyl (C=O) groups is 1. The van der Waals surface area contributed by atoms with Crippen molar-refractivity contribution in [3.63, 3.8) is 0 Å². The van der Waals surface area contributed by atoms with E-state index in [1.165, 1.54) is 24.1 Å². The molecule has 0 radical (unpaired) electrons. The standard InChI is InChI=1S/C13H16N2O2/c14-13(16)17-8-10-9-4-1-2-5-11(9)15-7-3-6-12(10)15/h1-2,4-5,10,12H,3,6-8H2,(H2,14,16)/t10-,12-/m1/s1. The molecule has 17 heavy (non-hydrogen) atoms. The van der Waals surface area contributed by atoms with Gasteiger partial charge in [0.15, 0.2) is 0 Å². The summed E-state index contributed by atoms with van der Waals surface area (Å²) in [5, 5.41) is 0. The molecule has 2 atom stereocenters. The molecule has 1 aromatic carbocycles. The lowest BCUT2D eigenvalue weighted by atomic mass is 9.94. The van der Waals surface area contributed by atoms with Gasteiger partial charge in [0.25, 0.3) is 0 Å². The predicted octanol–water partition coefficient (Wildman–Crippen LogP) is 1.85. The van der Waals surface area contributed by atoms with Crippen molar-refractivity contribution < 1.29 is 9.53 Å². The molecule has 4 nitrogen and oxygen atoms in total. The molecular weight excluding hydrogens is 216 g/mol. The molecular formula is C13H16N2O2. The Hall–Kier alpha value is -1.71. The predicted molar refractivity (Wildman–Crippen MR) is 65.1 cm³/mol. The summed E-state index contributed by atoms with van der Waals surface area (Å²) >= 11 is 0. The number of ether oxygens (including phenoxy) is 1. The Morgan fingerprint density at radius 1 is 1.47 bits per heavy atom. The lowest BCUT2D eigenvalue weighted by molar-refractivity contribution is 0.146. The molecule has 2 N–H and O–H groups in total. The van der Waals surface area contributed by atoms with Gasteiger partial charge in [-0.05, 0) is 24.5 Å². The minimum absolute atomic E-state index is 0.279. The summed E-state index contributed by atoms with van der Waals surface area (Å²) in [6.45, 7) is 1.50. The van der Waals surface area contributed by atoms with Gasteiger partial charge in [-0.3, -0.25) is 0 Å². The number of hydrogen-bond donors (Lipinski definition) is 1. The van der Waals surface area contributed by atoms with Crippen LogP contribution in [0.5, 0.6) is 0 Å². The van der Waals surface area contributed by atoms with Crippen LogP contribution < -0.4 is 10.6 Å². The molecule has 1 saturated heterocycles. The molecule has 1 fully saturated rings. The van der Waals surface area contributed by atoms with Crippen molar-refractivity contribution in [1.29, 1.82) is 0 Å². The normalized spacial score (nSPS) is 25.5. The van der Waals surface area contributed by atoms with E-state index in [4.69, 9.17) is 10.5 Å². The van der Waals surface area contributed by atoms with Gasteiger partial charge in [0.05, 0.1) is 0 Å². The monoisotopic (exact) mass is 232 g/mol. The lowest BCUT2D eigenvalue weighted by Gasteiger charge is -2.22. The molecule has 0 unspecified atom stereocenters. The van der Waals surface area contributed by atoms with Gasteiger partial charge in [0.1, 0.15) is 6.61 Å². The fourth-order valence-corrected chi connectivity index (χ4v) is 3.15. The highest BCUT2D eigenvalue weighted by molar-refractivity contribution is 5.66. The Balaban J connectivity index is 1.89. The molecule has 4 heteroatoms. The van der Waals surface area contributed by atoms with Crippen LogP contribution in [0.25, 0.3) is 0 Å². The van der Waals surface area contributed by atoms with E-state index in [0.29, 0.717) is 12.6 Å². The number of benzene rings is 1. The molecule has 1 amide bonds. The molecule has 0 bridgehead atoms. The summed E-state index contributed by atoms with van der Waals surface area (Å²) in [6.07, 6.45) is 1.70. The zero-order valence-electron chi connectivity index (χ0n) is 9.63. The molecule has 0 aromatic heterocycles. The number of fused-ring (bicyclic) bond motifs is 3. The highest BCUT2D eigenvalue weighted by Gasteiger charge is 2.41. The van der Waals surface area contributed by atoms with Crippen molar-refractivity contribution in [1.82, 2.24) is 0 Å². The largest absolute Gasteiger partial charge is 0.449 e. The minimum Gasteiger partial charge on any atom is -0.449 e. The van der Waals surface area contributed by atoms with E-state index >= 15 is 0 Å². The van der Waals surface area contributed by atoms with Gasteiger partial charge in [0, 0.05) is 24.2 Å². The van der Waals surface area contributed by atoms with Crippen LogP contribution in [0.3, 0.4) is 0 Å². The average molecular weight is 232 g/mol. The zero-order valence-corrected chi connectivity index (χ0v) is 9.63. The van der Waals surface area contributed by atoms with Gasteiger partial charge in [-0.2, -0.15) is 0 Å². The fourth-order valence-electron chi connectivity index (χ4n) is 3.15. The third-order valence-corrected chi connectivity index (χ3v) is 3.81. The van der Waals surface area contributed by atoms with E-state index in [1.54, 1.807) is 0 Å². The quantitative estimate of drug-likeness (QED) is 0.846. The van der Waals surface area contributed by atoms with Gasteiger partial charge in [-0.1, -0.05) is 18.2 Å². The second-order valence-electron chi connectivity index (χ2n) is 4.70. The first-order valence-electron chi connectivity index (χ1n) is 6.05. The number of nitrogens with two attached hydrogens (primary N) is 1. The van der Waals surface area contributed by atoms with Crippen molar-refractivity contribution in [2.24, 2.45) is 5.73 Å². The molecule has 3 rings (SSSR count). The molecule has 2 aliphatic rings. The van der Waals surface area contributed by atoms with Crippen molar-refractivity contribution in [2.45, 2.75) is 24.8 Å². The second-order valence-corrected chi connectivity index (χ2v) is 4.70. The summed E-state index contributed by atoms with van der Waals surface area (Å²) in [5.74, 6) is 0.279. The van der Waals surface area contributed by atoms with Gasteiger partial charge in [-0.15, -0.1) is 0 Å². The summed E-state index contributed by atoms with van der Waals surface area (Å²) in [5.41, 5.74) is 7.64. The van der Waals surface area contributed by atoms with E-state index in [-0.39, 0.29) is 5.92 Å². The number of nitrogens with zero attached hydrogens (tertiary/aromatic N) is 1. The third-order valence-electron chi connectivity index (χ3n) is 3.81. The molecule has 2 aliphatic heterocycles. The number of carbonyl (C=O) groups excluding carboxylic acids is 1. The number of amides is 1. The Kier molecular flexibility index (Phi) is 2.42. The first kappa shape index (κ1) is 10.4. The number of primary amides is 1. The van der Waals surface area contributed by atoms with Crippen molar-refractivity contribution in [3.8, 4) is 0 Å². The topological polar surface area (TPSA) is 55.6 Å². The average Bonchev–Trinajstić information content (AvgIpc) is 2.87. The molecule has 0 spiro atoms. The number of hydrogen-bond acceptors (Lipinski definition) is 3. The van der Waals surface area contributed by atoms with Crippen molar-refractivity contribution >= 4 is 11.8 Å². The molecule has 1 aromatic rings. The van der Waals surface area contributed by atoms with E-state index in [1.807, 2.05) is 6.07 Å². The molecule has 2 heterocycles.